The average molecular weight is 426 g/mol. The second-order valence-electron chi connectivity index (χ2n) is 6.49. The smallest absolute Gasteiger partial charge is 0.235 e. The first kappa shape index (κ1) is 22.8. The first-order valence-electron chi connectivity index (χ1n) is 9.08. The second kappa shape index (κ2) is 10.9. The fraction of sp³-hybridized carbons (Fsp3) is 0.333. The summed E-state index contributed by atoms with van der Waals surface area (Å²) in [4.78, 5) is 18.8. The maximum absolute atomic E-state index is 12.1. The van der Waals surface area contributed by atoms with E-state index in [2.05, 4.69) is 22.0 Å². The van der Waals surface area contributed by atoms with Gasteiger partial charge in [-0.3, -0.25) is 4.79 Å². The largest absolute Gasteiger partial charge is 0.368 e. The molecule has 1 unspecified atom stereocenters. The van der Waals surface area contributed by atoms with Crippen LogP contribution in [-0.4, -0.2) is 42.2 Å². The van der Waals surface area contributed by atoms with Gasteiger partial charge < -0.3 is 10.6 Å². The molecule has 1 aromatic heterocycles. The molecule has 6 nitrogen and oxygen atoms in total. The van der Waals surface area contributed by atoms with Crippen LogP contribution in [0.5, 0.6) is 0 Å². The number of hydrogen-bond donors (Lipinski definition) is 1. The van der Waals surface area contributed by atoms with Crippen molar-refractivity contribution in [1.29, 1.82) is 10.5 Å². The Bertz CT molecular complexity index is 948. The van der Waals surface area contributed by atoms with Crippen molar-refractivity contribution in [3.8, 4) is 12.1 Å². The lowest BCUT2D eigenvalue weighted by Gasteiger charge is -2.17. The van der Waals surface area contributed by atoms with Crippen LogP contribution in [0.4, 0.5) is 0 Å². The Hall–Kier alpha value is -2.52. The quantitative estimate of drug-likeness (QED) is 0.614. The first-order chi connectivity index (χ1) is 13.9. The number of aromatic nitrogens is 1. The van der Waals surface area contributed by atoms with E-state index in [0.29, 0.717) is 33.2 Å². The molecule has 29 heavy (non-hydrogen) atoms. The summed E-state index contributed by atoms with van der Waals surface area (Å²) in [5.41, 5.74) is 7.84. The molecular formula is C21H23N5OS2. The van der Waals surface area contributed by atoms with Crippen LogP contribution in [0.1, 0.15) is 34.4 Å². The van der Waals surface area contributed by atoms with Gasteiger partial charge in [0.05, 0.1) is 11.1 Å². The van der Waals surface area contributed by atoms with Gasteiger partial charge in [0.25, 0.3) is 0 Å². The SMILES string of the molecule is CCc1c(C#N)c(SCCN(C)C)nc(SC(C(N)=O)c2ccccc2)c1C#N. The maximum atomic E-state index is 12.1. The molecule has 2 N–H and O–H groups in total. The molecule has 0 aliphatic rings. The molecule has 8 heteroatoms. The standard InChI is InChI=1S/C21H23N5OS2/c1-4-15-16(12-22)20(28-11-10-26(2)3)25-21(17(15)13-23)29-18(19(24)27)14-8-6-5-7-9-14/h5-9,18H,4,10-11H2,1-3H3,(H2,24,27). The lowest BCUT2D eigenvalue weighted by molar-refractivity contribution is -0.117. The zero-order valence-corrected chi connectivity index (χ0v) is 18.3. The van der Waals surface area contributed by atoms with Gasteiger partial charge >= 0.3 is 0 Å². The van der Waals surface area contributed by atoms with E-state index >= 15 is 0 Å². The third-order valence-corrected chi connectivity index (χ3v) is 6.39. The highest BCUT2D eigenvalue weighted by molar-refractivity contribution is 8.00. The summed E-state index contributed by atoms with van der Waals surface area (Å²) < 4.78 is 0. The zero-order valence-electron chi connectivity index (χ0n) is 16.7. The Morgan fingerprint density at radius 1 is 1.17 bits per heavy atom. The minimum atomic E-state index is -0.673. The molecule has 2 aromatic rings. The molecule has 150 valence electrons. The van der Waals surface area contributed by atoms with Crippen LogP contribution in [0, 0.1) is 22.7 Å². The maximum Gasteiger partial charge on any atom is 0.235 e. The van der Waals surface area contributed by atoms with Gasteiger partial charge in [-0.15, -0.1) is 11.8 Å². The van der Waals surface area contributed by atoms with Gasteiger partial charge in [0, 0.05) is 12.3 Å². The topological polar surface area (TPSA) is 107 Å². The minimum absolute atomic E-state index is 0.341. The number of thioether (sulfide) groups is 2. The number of nitriles is 2. The van der Waals surface area contributed by atoms with Crippen molar-refractivity contribution in [3.63, 3.8) is 0 Å². The lowest BCUT2D eigenvalue weighted by atomic mass is 10.0. The number of nitrogens with zero attached hydrogens (tertiary/aromatic N) is 4. The summed E-state index contributed by atoms with van der Waals surface area (Å²) in [6, 6.07) is 13.6. The van der Waals surface area contributed by atoms with E-state index in [-0.39, 0.29) is 0 Å². The summed E-state index contributed by atoms with van der Waals surface area (Å²) in [5, 5.41) is 19.8. The highest BCUT2D eigenvalue weighted by Gasteiger charge is 2.25. The van der Waals surface area contributed by atoms with Crippen LogP contribution >= 0.6 is 23.5 Å². The van der Waals surface area contributed by atoms with Crippen LogP contribution in [0.25, 0.3) is 0 Å². The van der Waals surface area contributed by atoms with E-state index in [9.17, 15) is 15.3 Å². The third kappa shape index (κ3) is 5.74. The van der Waals surface area contributed by atoms with E-state index in [1.54, 1.807) is 0 Å². The highest BCUT2D eigenvalue weighted by atomic mass is 32.2. The summed E-state index contributed by atoms with van der Waals surface area (Å²) in [5.74, 6) is 0.252. The summed E-state index contributed by atoms with van der Waals surface area (Å²) in [7, 11) is 3.96. The Morgan fingerprint density at radius 3 is 2.31 bits per heavy atom. The molecule has 0 saturated carbocycles. The van der Waals surface area contributed by atoms with E-state index in [4.69, 9.17) is 5.73 Å². The van der Waals surface area contributed by atoms with Crippen molar-refractivity contribution in [3.05, 3.63) is 52.6 Å². The summed E-state index contributed by atoms with van der Waals surface area (Å²) in [6.45, 7) is 2.73. The van der Waals surface area contributed by atoms with E-state index in [0.717, 1.165) is 29.6 Å². The van der Waals surface area contributed by atoms with Crippen molar-refractivity contribution < 1.29 is 4.79 Å². The molecule has 1 aromatic carbocycles. The number of pyridine rings is 1. The fourth-order valence-electron chi connectivity index (χ4n) is 2.72. The van der Waals surface area contributed by atoms with Crippen LogP contribution in [0.3, 0.4) is 0 Å². The number of carbonyl (C=O) groups is 1. The normalized spacial score (nSPS) is 11.7. The number of benzene rings is 1. The predicted octanol–water partition coefficient (Wildman–Crippen LogP) is 3.36. The van der Waals surface area contributed by atoms with E-state index < -0.39 is 11.2 Å². The summed E-state index contributed by atoms with van der Waals surface area (Å²) in [6.07, 6.45) is 0.523. The van der Waals surface area contributed by atoms with Gasteiger partial charge in [0.2, 0.25) is 5.91 Å². The van der Waals surface area contributed by atoms with Crippen LogP contribution in [0.15, 0.2) is 40.4 Å². The molecule has 1 amide bonds. The van der Waals surface area contributed by atoms with Crippen LogP contribution in [0.2, 0.25) is 0 Å². The summed E-state index contributed by atoms with van der Waals surface area (Å²) >= 11 is 2.64. The Balaban J connectivity index is 2.53. The Kier molecular flexibility index (Phi) is 8.53. The zero-order chi connectivity index (χ0) is 21.4. The molecule has 0 bridgehead atoms. The molecule has 0 saturated heterocycles. The molecule has 0 radical (unpaired) electrons. The molecule has 0 aliphatic carbocycles. The Labute approximate surface area is 180 Å². The van der Waals surface area contributed by atoms with E-state index in [1.807, 2.05) is 51.4 Å². The molecule has 2 rings (SSSR count). The van der Waals surface area contributed by atoms with Crippen molar-refractivity contribution in [1.82, 2.24) is 9.88 Å². The molecule has 1 atom stereocenters. The van der Waals surface area contributed by atoms with Gasteiger partial charge in [0.15, 0.2) is 0 Å². The van der Waals surface area contributed by atoms with Crippen molar-refractivity contribution in [2.24, 2.45) is 5.73 Å². The number of hydrogen-bond acceptors (Lipinski definition) is 7. The number of primary amides is 1. The van der Waals surface area contributed by atoms with Crippen molar-refractivity contribution in [2.75, 3.05) is 26.4 Å². The molecule has 0 spiro atoms. The number of carbonyl (C=O) groups excluding carboxylic acids is 1. The highest BCUT2D eigenvalue weighted by Crippen LogP contribution is 2.39. The molecule has 0 fully saturated rings. The fourth-order valence-corrected chi connectivity index (χ4v) is 4.96. The third-order valence-electron chi connectivity index (χ3n) is 4.18. The van der Waals surface area contributed by atoms with Gasteiger partial charge in [0.1, 0.15) is 27.4 Å². The first-order valence-corrected chi connectivity index (χ1v) is 10.9. The predicted molar refractivity (Wildman–Crippen MR) is 117 cm³/mol. The molecular weight excluding hydrogens is 402 g/mol. The number of amides is 1. The molecule has 0 aliphatic heterocycles. The lowest BCUT2D eigenvalue weighted by Crippen LogP contribution is -2.19. The van der Waals surface area contributed by atoms with Gasteiger partial charge in [-0.05, 0) is 31.6 Å². The van der Waals surface area contributed by atoms with Crippen molar-refractivity contribution in [2.45, 2.75) is 28.6 Å². The number of rotatable bonds is 9. The number of nitrogens with two attached hydrogens (primary N) is 1. The van der Waals surface area contributed by atoms with Gasteiger partial charge in [-0.1, -0.05) is 49.0 Å². The van der Waals surface area contributed by atoms with Gasteiger partial charge in [-0.25, -0.2) is 4.98 Å². The Morgan fingerprint density at radius 2 is 1.79 bits per heavy atom. The van der Waals surface area contributed by atoms with Crippen molar-refractivity contribution >= 4 is 29.4 Å². The van der Waals surface area contributed by atoms with Gasteiger partial charge in [-0.2, -0.15) is 10.5 Å². The minimum Gasteiger partial charge on any atom is -0.368 e. The van der Waals surface area contributed by atoms with Crippen LogP contribution in [-0.2, 0) is 11.2 Å². The van der Waals surface area contributed by atoms with E-state index in [1.165, 1.54) is 11.8 Å². The second-order valence-corrected chi connectivity index (χ2v) is 8.67. The average Bonchev–Trinajstić information content (AvgIpc) is 2.71. The van der Waals surface area contributed by atoms with Crippen LogP contribution < -0.4 is 5.73 Å². The molecule has 1 heterocycles. The monoisotopic (exact) mass is 425 g/mol.